The van der Waals surface area contributed by atoms with Gasteiger partial charge in [0.05, 0.1) is 25.2 Å². The van der Waals surface area contributed by atoms with Gasteiger partial charge in [-0.2, -0.15) is 14.9 Å². The van der Waals surface area contributed by atoms with E-state index in [0.717, 1.165) is 10.7 Å². The van der Waals surface area contributed by atoms with Crippen LogP contribution in [0.4, 0.5) is 5.69 Å². The number of nitrogens with zero attached hydrogens (tertiary/aromatic N) is 4. The van der Waals surface area contributed by atoms with E-state index in [1.54, 1.807) is 13.2 Å². The van der Waals surface area contributed by atoms with Gasteiger partial charge in [-0.3, -0.25) is 9.48 Å². The largest absolute Gasteiger partial charge is 0.464 e. The number of ether oxygens (including phenoxy) is 1. The van der Waals surface area contributed by atoms with E-state index in [-0.39, 0.29) is 11.4 Å². The Kier molecular flexibility index (Phi) is 2.84. The Morgan fingerprint density at radius 3 is 2.78 bits per heavy atom. The van der Waals surface area contributed by atoms with Gasteiger partial charge in [-0.05, 0) is 0 Å². The molecule has 8 heteroatoms. The first-order valence-corrected chi connectivity index (χ1v) is 5.00. The van der Waals surface area contributed by atoms with Gasteiger partial charge >= 0.3 is 5.97 Å². The Morgan fingerprint density at radius 2 is 2.22 bits per heavy atom. The SMILES string of the molecule is COC(=O)c1nn(-c2cnn(C)c2)c(=O)cc1N. The molecule has 0 saturated heterocycles. The van der Waals surface area contributed by atoms with Gasteiger partial charge in [-0.15, -0.1) is 0 Å². The summed E-state index contributed by atoms with van der Waals surface area (Å²) in [5.74, 6) is -0.704. The summed E-state index contributed by atoms with van der Waals surface area (Å²) in [6.45, 7) is 0. The highest BCUT2D eigenvalue weighted by Crippen LogP contribution is 2.08. The lowest BCUT2D eigenvalue weighted by Crippen LogP contribution is -2.25. The monoisotopic (exact) mass is 249 g/mol. The third-order valence-corrected chi connectivity index (χ3v) is 2.28. The number of rotatable bonds is 2. The Bertz CT molecular complexity index is 658. The summed E-state index contributed by atoms with van der Waals surface area (Å²) in [6.07, 6.45) is 3.04. The van der Waals surface area contributed by atoms with E-state index in [4.69, 9.17) is 5.73 Å². The number of anilines is 1. The minimum atomic E-state index is -0.704. The first-order valence-electron chi connectivity index (χ1n) is 5.00. The van der Waals surface area contributed by atoms with Crippen molar-refractivity contribution in [3.05, 3.63) is 34.5 Å². The fourth-order valence-electron chi connectivity index (χ4n) is 1.43. The Hall–Kier alpha value is -2.64. The van der Waals surface area contributed by atoms with Crippen molar-refractivity contribution in [3.63, 3.8) is 0 Å². The number of nitrogen functional groups attached to an aromatic ring is 1. The van der Waals surface area contributed by atoms with Gasteiger partial charge in [0.1, 0.15) is 5.69 Å². The van der Waals surface area contributed by atoms with E-state index in [9.17, 15) is 9.59 Å². The second-order valence-corrected chi connectivity index (χ2v) is 3.56. The smallest absolute Gasteiger partial charge is 0.360 e. The van der Waals surface area contributed by atoms with Crippen LogP contribution in [0.25, 0.3) is 5.69 Å². The minimum absolute atomic E-state index is 0.0213. The number of esters is 1. The van der Waals surface area contributed by atoms with Crippen molar-refractivity contribution in [2.24, 2.45) is 7.05 Å². The van der Waals surface area contributed by atoms with E-state index in [1.807, 2.05) is 0 Å². The van der Waals surface area contributed by atoms with Crippen molar-refractivity contribution in [2.75, 3.05) is 12.8 Å². The summed E-state index contributed by atoms with van der Waals surface area (Å²) in [5.41, 5.74) is 5.41. The molecule has 0 amide bonds. The molecule has 0 radical (unpaired) electrons. The molecule has 0 fully saturated rings. The summed E-state index contributed by atoms with van der Waals surface area (Å²) in [6, 6.07) is 1.12. The molecular formula is C10H11N5O3. The van der Waals surface area contributed by atoms with Gasteiger partial charge in [-0.1, -0.05) is 0 Å². The standard InChI is InChI=1S/C10H11N5O3/c1-14-5-6(4-12-14)15-8(16)3-7(11)9(13-15)10(17)18-2/h3-5H,11H2,1-2H3. The molecule has 0 spiro atoms. The molecule has 0 aliphatic rings. The van der Waals surface area contributed by atoms with Crippen LogP contribution >= 0.6 is 0 Å². The summed E-state index contributed by atoms with van der Waals surface area (Å²) in [4.78, 5) is 23.2. The highest BCUT2D eigenvalue weighted by Gasteiger charge is 2.16. The highest BCUT2D eigenvalue weighted by atomic mass is 16.5. The van der Waals surface area contributed by atoms with Crippen LogP contribution in [0.1, 0.15) is 10.5 Å². The fourth-order valence-corrected chi connectivity index (χ4v) is 1.43. The molecule has 0 aromatic carbocycles. The molecular weight excluding hydrogens is 238 g/mol. The number of hydrogen-bond donors (Lipinski definition) is 1. The van der Waals surface area contributed by atoms with Crippen molar-refractivity contribution in [1.82, 2.24) is 19.6 Å². The van der Waals surface area contributed by atoms with Crippen LogP contribution in [-0.4, -0.2) is 32.6 Å². The molecule has 0 aliphatic heterocycles. The van der Waals surface area contributed by atoms with Crippen LogP contribution in [0, 0.1) is 0 Å². The summed E-state index contributed by atoms with van der Waals surface area (Å²) in [5, 5.41) is 7.80. The normalized spacial score (nSPS) is 10.3. The Labute approximate surface area is 102 Å². The maximum Gasteiger partial charge on any atom is 0.360 e. The summed E-state index contributed by atoms with van der Waals surface area (Å²) in [7, 11) is 2.91. The van der Waals surface area contributed by atoms with Crippen molar-refractivity contribution >= 4 is 11.7 Å². The molecule has 2 rings (SSSR count). The van der Waals surface area contributed by atoms with Crippen LogP contribution in [0.2, 0.25) is 0 Å². The van der Waals surface area contributed by atoms with Crippen molar-refractivity contribution < 1.29 is 9.53 Å². The predicted octanol–water partition coefficient (Wildman–Crippen LogP) is -0.665. The lowest BCUT2D eigenvalue weighted by molar-refractivity contribution is 0.0593. The molecule has 0 bridgehead atoms. The summed E-state index contributed by atoms with van der Waals surface area (Å²) >= 11 is 0. The molecule has 18 heavy (non-hydrogen) atoms. The predicted molar refractivity (Wildman–Crippen MR) is 62.4 cm³/mol. The third kappa shape index (κ3) is 1.95. The van der Waals surface area contributed by atoms with Crippen LogP contribution in [0.3, 0.4) is 0 Å². The zero-order valence-electron chi connectivity index (χ0n) is 9.82. The van der Waals surface area contributed by atoms with E-state index >= 15 is 0 Å². The minimum Gasteiger partial charge on any atom is -0.464 e. The van der Waals surface area contributed by atoms with Crippen LogP contribution in [0.15, 0.2) is 23.3 Å². The average Bonchev–Trinajstić information content (AvgIpc) is 2.75. The molecule has 0 atom stereocenters. The van der Waals surface area contributed by atoms with E-state index in [0.29, 0.717) is 5.69 Å². The number of aryl methyl sites for hydroxylation is 1. The molecule has 2 aromatic rings. The Morgan fingerprint density at radius 1 is 1.50 bits per heavy atom. The van der Waals surface area contributed by atoms with E-state index < -0.39 is 11.5 Å². The number of carbonyl (C=O) groups is 1. The maximum atomic E-state index is 11.7. The van der Waals surface area contributed by atoms with Crippen LogP contribution in [0.5, 0.6) is 0 Å². The molecule has 0 aliphatic carbocycles. The van der Waals surface area contributed by atoms with Crippen molar-refractivity contribution in [2.45, 2.75) is 0 Å². The van der Waals surface area contributed by atoms with E-state index in [2.05, 4.69) is 14.9 Å². The summed E-state index contributed by atoms with van der Waals surface area (Å²) < 4.78 is 7.08. The second-order valence-electron chi connectivity index (χ2n) is 3.56. The average molecular weight is 249 g/mol. The number of methoxy groups -OCH3 is 1. The number of hydrogen-bond acceptors (Lipinski definition) is 6. The highest BCUT2D eigenvalue weighted by molar-refractivity contribution is 5.92. The molecule has 94 valence electrons. The molecule has 0 saturated carbocycles. The quantitative estimate of drug-likeness (QED) is 0.708. The molecule has 8 nitrogen and oxygen atoms in total. The lowest BCUT2D eigenvalue weighted by atomic mass is 10.3. The fraction of sp³-hybridized carbons (Fsp3) is 0.200. The number of aromatic nitrogens is 4. The van der Waals surface area contributed by atoms with Crippen molar-refractivity contribution in [1.29, 1.82) is 0 Å². The first kappa shape index (κ1) is 11.8. The van der Waals surface area contributed by atoms with Gasteiger partial charge in [0.25, 0.3) is 5.56 Å². The van der Waals surface area contributed by atoms with Gasteiger partial charge < -0.3 is 10.5 Å². The Balaban J connectivity index is 2.62. The molecule has 2 N–H and O–H groups in total. The number of nitrogens with two attached hydrogens (primary N) is 1. The topological polar surface area (TPSA) is 105 Å². The second kappa shape index (κ2) is 4.32. The third-order valence-electron chi connectivity index (χ3n) is 2.28. The molecule has 2 aromatic heterocycles. The van der Waals surface area contributed by atoms with Gasteiger partial charge in [0.2, 0.25) is 0 Å². The lowest BCUT2D eigenvalue weighted by Gasteiger charge is -2.05. The maximum absolute atomic E-state index is 11.7. The van der Waals surface area contributed by atoms with Gasteiger partial charge in [0, 0.05) is 13.1 Å². The van der Waals surface area contributed by atoms with Crippen molar-refractivity contribution in [3.8, 4) is 5.69 Å². The zero-order chi connectivity index (χ0) is 13.3. The molecule has 0 unspecified atom stereocenters. The number of carbonyl (C=O) groups excluding carboxylic acids is 1. The molecule has 2 heterocycles. The van der Waals surface area contributed by atoms with E-state index in [1.165, 1.54) is 18.0 Å². The van der Waals surface area contributed by atoms with Gasteiger partial charge in [-0.25, -0.2) is 4.79 Å². The van der Waals surface area contributed by atoms with Crippen LogP contribution in [-0.2, 0) is 11.8 Å². The van der Waals surface area contributed by atoms with Gasteiger partial charge in [0.15, 0.2) is 5.69 Å². The zero-order valence-corrected chi connectivity index (χ0v) is 9.82. The first-order chi connectivity index (χ1) is 8.52. The van der Waals surface area contributed by atoms with Crippen LogP contribution < -0.4 is 11.3 Å².